The van der Waals surface area contributed by atoms with Crippen LogP contribution in [0.25, 0.3) is 0 Å². The van der Waals surface area contributed by atoms with Crippen LogP contribution in [0.3, 0.4) is 0 Å². The van der Waals surface area contributed by atoms with Crippen molar-refractivity contribution in [2.45, 2.75) is 19.4 Å². The molecule has 0 amide bonds. The monoisotopic (exact) mass is 180 g/mol. The minimum Gasteiger partial charge on any atom is -0.369 e. The lowest BCUT2D eigenvalue weighted by atomic mass is 10.3. The van der Waals surface area contributed by atoms with Crippen molar-refractivity contribution >= 4 is 17.2 Å². The first kappa shape index (κ1) is 7.80. The number of nitrogens with one attached hydrogen (secondary N) is 1. The van der Waals surface area contributed by atoms with Crippen LogP contribution in [0, 0.1) is 0 Å². The molecule has 0 atom stereocenters. The van der Waals surface area contributed by atoms with Gasteiger partial charge in [0.1, 0.15) is 0 Å². The molecule has 3 heteroatoms. The molecular formula is C9H12N2S. The number of rotatable bonds is 2. The highest BCUT2D eigenvalue weighted by atomic mass is 32.1. The molecule has 0 aliphatic carbocycles. The molecule has 2 nitrogen and oxygen atoms in total. The van der Waals surface area contributed by atoms with Crippen LogP contribution in [0.4, 0.5) is 0 Å². The van der Waals surface area contributed by atoms with Crippen molar-refractivity contribution in [3.8, 4) is 0 Å². The average Bonchev–Trinajstić information content (AvgIpc) is 2.74. The molecule has 1 aromatic rings. The predicted molar refractivity (Wildman–Crippen MR) is 52.7 cm³/mol. The normalized spacial score (nSPS) is 16.2. The van der Waals surface area contributed by atoms with E-state index in [9.17, 15) is 0 Å². The lowest BCUT2D eigenvalue weighted by molar-refractivity contribution is 0.901. The standard InChI is InChI=1S/C9H12N2S/c1-4-9(10-5-1)11-7-8-3-2-6-12-8/h2-3,6H,1,4-5,7H2,(H,10,11). The van der Waals surface area contributed by atoms with Crippen molar-refractivity contribution in [2.24, 2.45) is 4.99 Å². The summed E-state index contributed by atoms with van der Waals surface area (Å²) in [6.45, 7) is 1.95. The fraction of sp³-hybridized carbons (Fsp3) is 0.444. The van der Waals surface area contributed by atoms with Gasteiger partial charge in [0.25, 0.3) is 0 Å². The first-order valence-corrected chi connectivity index (χ1v) is 5.13. The van der Waals surface area contributed by atoms with Gasteiger partial charge in [0, 0.05) is 17.8 Å². The number of aliphatic imine (C=N–C) groups is 1. The Hall–Kier alpha value is -0.830. The number of amidine groups is 1. The maximum absolute atomic E-state index is 4.35. The second kappa shape index (κ2) is 3.72. The van der Waals surface area contributed by atoms with Crippen molar-refractivity contribution in [1.29, 1.82) is 0 Å². The lowest BCUT2D eigenvalue weighted by Crippen LogP contribution is -2.19. The third-order valence-corrected chi connectivity index (χ3v) is 2.80. The van der Waals surface area contributed by atoms with Crippen LogP contribution >= 0.6 is 11.3 Å². The summed E-state index contributed by atoms with van der Waals surface area (Å²) in [5.74, 6) is 1.18. The van der Waals surface area contributed by atoms with E-state index in [1.165, 1.54) is 17.1 Å². The van der Waals surface area contributed by atoms with E-state index in [0.29, 0.717) is 0 Å². The van der Waals surface area contributed by atoms with Crippen LogP contribution in [0.1, 0.15) is 17.7 Å². The van der Waals surface area contributed by atoms with E-state index in [2.05, 4.69) is 27.8 Å². The molecule has 1 aromatic heterocycles. The van der Waals surface area contributed by atoms with Crippen LogP contribution in [0.2, 0.25) is 0 Å². The molecule has 0 fully saturated rings. The van der Waals surface area contributed by atoms with Crippen molar-refractivity contribution in [1.82, 2.24) is 5.32 Å². The summed E-state index contributed by atoms with van der Waals surface area (Å²) in [4.78, 5) is 5.72. The molecule has 1 N–H and O–H groups in total. The molecule has 0 unspecified atom stereocenters. The van der Waals surface area contributed by atoms with Gasteiger partial charge in [-0.3, -0.25) is 4.99 Å². The van der Waals surface area contributed by atoms with E-state index in [0.717, 1.165) is 19.5 Å². The molecule has 1 aliphatic heterocycles. The quantitative estimate of drug-likeness (QED) is 0.740. The second-order valence-electron chi connectivity index (χ2n) is 2.86. The van der Waals surface area contributed by atoms with Crippen LogP contribution in [0.15, 0.2) is 22.5 Å². The fourth-order valence-corrected chi connectivity index (χ4v) is 1.93. The molecule has 0 radical (unpaired) electrons. The molecule has 0 saturated heterocycles. The predicted octanol–water partition coefficient (Wildman–Crippen LogP) is 2.03. The summed E-state index contributed by atoms with van der Waals surface area (Å²) in [5.41, 5.74) is 0. The van der Waals surface area contributed by atoms with Crippen molar-refractivity contribution < 1.29 is 0 Å². The number of nitrogens with zero attached hydrogens (tertiary/aromatic N) is 1. The summed E-state index contributed by atoms with van der Waals surface area (Å²) in [5, 5.41) is 5.45. The molecule has 64 valence electrons. The molecule has 12 heavy (non-hydrogen) atoms. The first-order chi connectivity index (χ1) is 5.95. The third-order valence-electron chi connectivity index (χ3n) is 1.92. The Balaban J connectivity index is 1.82. The van der Waals surface area contributed by atoms with Crippen LogP contribution in [-0.2, 0) is 6.54 Å². The van der Waals surface area contributed by atoms with Gasteiger partial charge in [-0.15, -0.1) is 11.3 Å². The zero-order valence-corrected chi connectivity index (χ0v) is 7.73. The highest BCUT2D eigenvalue weighted by molar-refractivity contribution is 7.09. The second-order valence-corrected chi connectivity index (χ2v) is 3.90. The Morgan fingerprint density at radius 1 is 1.58 bits per heavy atom. The smallest absolute Gasteiger partial charge is 0.0966 e. The van der Waals surface area contributed by atoms with Gasteiger partial charge in [0.15, 0.2) is 0 Å². The zero-order chi connectivity index (χ0) is 8.23. The summed E-state index contributed by atoms with van der Waals surface area (Å²) in [6, 6.07) is 4.23. The van der Waals surface area contributed by atoms with Gasteiger partial charge in [0.05, 0.1) is 12.4 Å². The topological polar surface area (TPSA) is 24.4 Å². The van der Waals surface area contributed by atoms with E-state index in [1.807, 2.05) is 0 Å². The maximum Gasteiger partial charge on any atom is 0.0966 e. The summed E-state index contributed by atoms with van der Waals surface area (Å²) in [6.07, 6.45) is 2.35. The third kappa shape index (κ3) is 1.85. The Bertz CT molecular complexity index is 264. The zero-order valence-electron chi connectivity index (χ0n) is 6.92. The molecular weight excluding hydrogens is 168 g/mol. The minimum atomic E-state index is 0.941. The molecule has 0 bridgehead atoms. The van der Waals surface area contributed by atoms with Gasteiger partial charge in [0.2, 0.25) is 0 Å². The van der Waals surface area contributed by atoms with Crippen molar-refractivity contribution in [3.63, 3.8) is 0 Å². The van der Waals surface area contributed by atoms with E-state index in [4.69, 9.17) is 0 Å². The molecule has 0 spiro atoms. The van der Waals surface area contributed by atoms with E-state index < -0.39 is 0 Å². The molecule has 0 aromatic carbocycles. The SMILES string of the molecule is c1csc(CNC2=NCCC2)c1. The molecule has 2 heterocycles. The largest absolute Gasteiger partial charge is 0.369 e. The Kier molecular flexibility index (Phi) is 2.42. The molecule has 1 aliphatic rings. The van der Waals surface area contributed by atoms with Gasteiger partial charge in [-0.05, 0) is 17.9 Å². The fourth-order valence-electron chi connectivity index (χ4n) is 1.29. The minimum absolute atomic E-state index is 0.941. The summed E-state index contributed by atoms with van der Waals surface area (Å²) >= 11 is 1.79. The van der Waals surface area contributed by atoms with Crippen molar-refractivity contribution in [2.75, 3.05) is 6.54 Å². The van der Waals surface area contributed by atoms with E-state index >= 15 is 0 Å². The average molecular weight is 180 g/mol. The Labute approximate surface area is 76.3 Å². The maximum atomic E-state index is 4.35. The molecule has 0 saturated carbocycles. The van der Waals surface area contributed by atoms with Crippen LogP contribution in [-0.4, -0.2) is 12.4 Å². The lowest BCUT2D eigenvalue weighted by Gasteiger charge is -2.02. The van der Waals surface area contributed by atoms with Gasteiger partial charge in [-0.25, -0.2) is 0 Å². The Morgan fingerprint density at radius 2 is 2.58 bits per heavy atom. The highest BCUT2D eigenvalue weighted by Crippen LogP contribution is 2.08. The van der Waals surface area contributed by atoms with Crippen molar-refractivity contribution in [3.05, 3.63) is 22.4 Å². The number of hydrogen-bond donors (Lipinski definition) is 1. The van der Waals surface area contributed by atoms with Gasteiger partial charge < -0.3 is 5.32 Å². The van der Waals surface area contributed by atoms with Crippen LogP contribution in [0.5, 0.6) is 0 Å². The van der Waals surface area contributed by atoms with E-state index in [-0.39, 0.29) is 0 Å². The first-order valence-electron chi connectivity index (χ1n) is 4.25. The van der Waals surface area contributed by atoms with Gasteiger partial charge in [-0.2, -0.15) is 0 Å². The summed E-state index contributed by atoms with van der Waals surface area (Å²) < 4.78 is 0. The Morgan fingerprint density at radius 3 is 3.25 bits per heavy atom. The highest BCUT2D eigenvalue weighted by Gasteiger charge is 2.04. The molecule has 2 rings (SSSR count). The summed E-state index contributed by atoms with van der Waals surface area (Å²) in [7, 11) is 0. The van der Waals surface area contributed by atoms with E-state index in [1.54, 1.807) is 11.3 Å². The van der Waals surface area contributed by atoms with Gasteiger partial charge >= 0.3 is 0 Å². The van der Waals surface area contributed by atoms with Gasteiger partial charge in [-0.1, -0.05) is 6.07 Å². The number of thiophene rings is 1. The van der Waals surface area contributed by atoms with Crippen LogP contribution < -0.4 is 5.32 Å². The number of hydrogen-bond acceptors (Lipinski definition) is 3.